The first-order valence-electron chi connectivity index (χ1n) is 6.96. The summed E-state index contributed by atoms with van der Waals surface area (Å²) in [6.07, 6.45) is 0.687. The molecule has 108 valence electrons. The van der Waals surface area contributed by atoms with E-state index in [0.717, 1.165) is 13.1 Å². The van der Waals surface area contributed by atoms with Gasteiger partial charge < -0.3 is 10.1 Å². The number of carbonyl (C=O) groups excluding carboxylic acids is 2. The summed E-state index contributed by atoms with van der Waals surface area (Å²) in [5, 5.41) is 2.89. The van der Waals surface area contributed by atoms with E-state index in [0.29, 0.717) is 26.2 Å². The molecule has 2 aliphatic rings. The second-order valence-electron chi connectivity index (χ2n) is 5.50. The van der Waals surface area contributed by atoms with Crippen molar-refractivity contribution < 1.29 is 14.3 Å². The van der Waals surface area contributed by atoms with Crippen LogP contribution in [0.15, 0.2) is 0 Å². The van der Waals surface area contributed by atoms with Crippen LogP contribution >= 0.6 is 0 Å². The number of ether oxygens (including phenoxy) is 1. The summed E-state index contributed by atoms with van der Waals surface area (Å²) in [4.78, 5) is 27.9. The lowest BCUT2D eigenvalue weighted by molar-refractivity contribution is -0.132. The number of nitrogens with zero attached hydrogens (tertiary/aromatic N) is 2. The van der Waals surface area contributed by atoms with Gasteiger partial charge in [-0.05, 0) is 27.2 Å². The van der Waals surface area contributed by atoms with E-state index in [9.17, 15) is 9.59 Å². The minimum Gasteiger partial charge on any atom is -0.380 e. The summed E-state index contributed by atoms with van der Waals surface area (Å²) in [7, 11) is 0. The van der Waals surface area contributed by atoms with Crippen LogP contribution in [0.3, 0.4) is 0 Å². The second kappa shape index (κ2) is 5.46. The topological polar surface area (TPSA) is 61.9 Å². The molecule has 0 aliphatic carbocycles. The molecule has 2 heterocycles. The molecule has 0 unspecified atom stereocenters. The quantitative estimate of drug-likeness (QED) is 0.581. The van der Waals surface area contributed by atoms with Crippen LogP contribution in [-0.4, -0.2) is 66.2 Å². The number of rotatable bonds is 5. The van der Waals surface area contributed by atoms with Crippen LogP contribution in [0.4, 0.5) is 4.79 Å². The molecule has 6 nitrogen and oxygen atoms in total. The summed E-state index contributed by atoms with van der Waals surface area (Å²) in [5.74, 6) is -0.0774. The Labute approximate surface area is 114 Å². The van der Waals surface area contributed by atoms with E-state index in [1.807, 2.05) is 20.8 Å². The monoisotopic (exact) mass is 269 g/mol. The Kier molecular flexibility index (Phi) is 4.10. The third kappa shape index (κ3) is 2.60. The van der Waals surface area contributed by atoms with Crippen molar-refractivity contribution in [2.45, 2.75) is 38.8 Å². The van der Waals surface area contributed by atoms with Gasteiger partial charge in [-0.2, -0.15) is 0 Å². The predicted molar refractivity (Wildman–Crippen MR) is 70.8 cm³/mol. The van der Waals surface area contributed by atoms with E-state index in [-0.39, 0.29) is 18.0 Å². The van der Waals surface area contributed by atoms with Crippen LogP contribution in [0.25, 0.3) is 0 Å². The predicted octanol–water partition coefficient (Wildman–Crippen LogP) is 0.428. The summed E-state index contributed by atoms with van der Waals surface area (Å²) < 4.78 is 5.33. The second-order valence-corrected chi connectivity index (χ2v) is 5.50. The minimum absolute atomic E-state index is 0.0774. The van der Waals surface area contributed by atoms with Crippen LogP contribution in [0.5, 0.6) is 0 Å². The van der Waals surface area contributed by atoms with E-state index >= 15 is 0 Å². The summed E-state index contributed by atoms with van der Waals surface area (Å²) in [6.45, 7) is 9.28. The van der Waals surface area contributed by atoms with E-state index < -0.39 is 5.54 Å². The maximum Gasteiger partial charge on any atom is 0.325 e. The van der Waals surface area contributed by atoms with Gasteiger partial charge in [0.15, 0.2) is 0 Å². The lowest BCUT2D eigenvalue weighted by Crippen LogP contribution is -2.49. The zero-order chi connectivity index (χ0) is 14.0. The maximum atomic E-state index is 12.4. The molecule has 0 radical (unpaired) electrons. The van der Waals surface area contributed by atoms with Gasteiger partial charge in [0, 0.05) is 32.3 Å². The fourth-order valence-electron chi connectivity index (χ4n) is 2.80. The van der Waals surface area contributed by atoms with Gasteiger partial charge in [0.1, 0.15) is 5.54 Å². The molecule has 2 rings (SSSR count). The fraction of sp³-hybridized carbons (Fsp3) is 0.846. The number of amides is 3. The van der Waals surface area contributed by atoms with E-state index in [2.05, 4.69) is 10.2 Å². The zero-order valence-electron chi connectivity index (χ0n) is 11.9. The standard InChI is InChI=1S/C13H23N3O3/c1-4-19-8-7-15-6-5-13(9-15)11(17)16(10(2)3)12(18)14-13/h10H,4-9H2,1-3H3,(H,14,18)/t13-/m1/s1. The normalized spacial score (nSPS) is 27.9. The minimum atomic E-state index is -0.701. The number of hydrogen-bond donors (Lipinski definition) is 1. The number of nitrogens with one attached hydrogen (secondary N) is 1. The Bertz CT molecular complexity index is 372. The molecule has 0 aromatic carbocycles. The highest BCUT2D eigenvalue weighted by Crippen LogP contribution is 2.29. The third-order valence-electron chi connectivity index (χ3n) is 3.81. The van der Waals surface area contributed by atoms with Gasteiger partial charge >= 0.3 is 6.03 Å². The Morgan fingerprint density at radius 2 is 2.16 bits per heavy atom. The van der Waals surface area contributed by atoms with Crippen LogP contribution < -0.4 is 5.32 Å². The highest BCUT2D eigenvalue weighted by Gasteiger charge is 2.54. The van der Waals surface area contributed by atoms with Crippen LogP contribution in [0.1, 0.15) is 27.2 Å². The fourth-order valence-corrected chi connectivity index (χ4v) is 2.80. The first-order valence-corrected chi connectivity index (χ1v) is 6.96. The lowest BCUT2D eigenvalue weighted by Gasteiger charge is -2.23. The van der Waals surface area contributed by atoms with Crippen molar-refractivity contribution in [3.05, 3.63) is 0 Å². The molecule has 2 aliphatic heterocycles. The zero-order valence-corrected chi connectivity index (χ0v) is 11.9. The molecule has 6 heteroatoms. The Morgan fingerprint density at radius 1 is 1.42 bits per heavy atom. The Balaban J connectivity index is 1.98. The Morgan fingerprint density at radius 3 is 2.74 bits per heavy atom. The molecule has 1 spiro atoms. The molecule has 1 N–H and O–H groups in total. The lowest BCUT2D eigenvalue weighted by atomic mass is 9.99. The average molecular weight is 269 g/mol. The van der Waals surface area contributed by atoms with E-state index in [4.69, 9.17) is 4.74 Å². The van der Waals surface area contributed by atoms with Crippen molar-refractivity contribution in [1.29, 1.82) is 0 Å². The summed E-state index contributed by atoms with van der Waals surface area (Å²) >= 11 is 0. The number of imide groups is 1. The van der Waals surface area contributed by atoms with E-state index in [1.54, 1.807) is 0 Å². The van der Waals surface area contributed by atoms with Gasteiger partial charge in [0.25, 0.3) is 5.91 Å². The smallest absolute Gasteiger partial charge is 0.325 e. The molecule has 19 heavy (non-hydrogen) atoms. The number of carbonyl (C=O) groups is 2. The van der Waals surface area contributed by atoms with Crippen LogP contribution in [0, 0.1) is 0 Å². The highest BCUT2D eigenvalue weighted by atomic mass is 16.5. The van der Waals surface area contributed by atoms with Crippen molar-refractivity contribution >= 4 is 11.9 Å². The molecule has 0 aromatic rings. The average Bonchev–Trinajstić information content (AvgIpc) is 2.83. The molecule has 2 saturated heterocycles. The molecule has 1 atom stereocenters. The number of likely N-dealkylation sites (tertiary alicyclic amines) is 1. The van der Waals surface area contributed by atoms with Crippen molar-refractivity contribution in [2.24, 2.45) is 0 Å². The highest BCUT2D eigenvalue weighted by molar-refractivity contribution is 6.07. The molecule has 0 aromatic heterocycles. The van der Waals surface area contributed by atoms with Gasteiger partial charge in [-0.15, -0.1) is 0 Å². The van der Waals surface area contributed by atoms with Crippen molar-refractivity contribution in [3.8, 4) is 0 Å². The van der Waals surface area contributed by atoms with Crippen molar-refractivity contribution in [2.75, 3.05) is 32.8 Å². The third-order valence-corrected chi connectivity index (χ3v) is 3.81. The van der Waals surface area contributed by atoms with Crippen LogP contribution in [-0.2, 0) is 9.53 Å². The van der Waals surface area contributed by atoms with Gasteiger partial charge in [0.05, 0.1) is 6.61 Å². The molecular weight excluding hydrogens is 246 g/mol. The molecule has 2 fully saturated rings. The molecular formula is C13H23N3O3. The first kappa shape index (κ1) is 14.3. The van der Waals surface area contributed by atoms with Gasteiger partial charge in [-0.25, -0.2) is 4.79 Å². The van der Waals surface area contributed by atoms with Crippen molar-refractivity contribution in [1.82, 2.24) is 15.1 Å². The van der Waals surface area contributed by atoms with Gasteiger partial charge in [-0.1, -0.05) is 0 Å². The number of hydrogen-bond acceptors (Lipinski definition) is 4. The summed E-state index contributed by atoms with van der Waals surface area (Å²) in [5.41, 5.74) is -0.701. The molecule has 0 saturated carbocycles. The molecule has 0 bridgehead atoms. The van der Waals surface area contributed by atoms with E-state index in [1.165, 1.54) is 4.90 Å². The Hall–Kier alpha value is -1.14. The van der Waals surface area contributed by atoms with Gasteiger partial charge in [-0.3, -0.25) is 14.6 Å². The van der Waals surface area contributed by atoms with Crippen LogP contribution in [0.2, 0.25) is 0 Å². The SMILES string of the molecule is CCOCCN1CC[C@]2(C1)NC(=O)N(C(C)C)C2=O. The number of urea groups is 1. The van der Waals surface area contributed by atoms with Crippen molar-refractivity contribution in [3.63, 3.8) is 0 Å². The largest absolute Gasteiger partial charge is 0.380 e. The maximum absolute atomic E-state index is 12.4. The summed E-state index contributed by atoms with van der Waals surface area (Å²) in [6, 6.07) is -0.351. The van der Waals surface area contributed by atoms with Gasteiger partial charge in [0.2, 0.25) is 0 Å². The molecule has 3 amide bonds. The first-order chi connectivity index (χ1) is 9.00.